The van der Waals surface area contributed by atoms with Gasteiger partial charge in [-0.05, 0) is 61.3 Å². The maximum atomic E-state index is 13.4. The Morgan fingerprint density at radius 2 is 1.77 bits per heavy atom. The van der Waals surface area contributed by atoms with Crippen molar-refractivity contribution in [3.63, 3.8) is 0 Å². The highest BCUT2D eigenvalue weighted by Crippen LogP contribution is 2.20. The zero-order chi connectivity index (χ0) is 23.3. The molecule has 2 rings (SSSR count). The lowest BCUT2D eigenvalue weighted by Crippen LogP contribution is -2.47. The first-order chi connectivity index (χ1) is 14.4. The summed E-state index contributed by atoms with van der Waals surface area (Å²) < 4.78 is 33.4. The van der Waals surface area contributed by atoms with Crippen molar-refractivity contribution >= 4 is 39.5 Å². The van der Waals surface area contributed by atoms with E-state index in [9.17, 15) is 23.2 Å². The molecule has 0 fully saturated rings. The Bertz CT molecular complexity index is 968. The SMILES string of the molecule is CC[C@H](NC(=O)OC(C)(C)C)C(=O)Nn1ccc(Br)c1C(=O)Nc1cc(F)cc(F)c1. The van der Waals surface area contributed by atoms with Crippen molar-refractivity contribution in [2.24, 2.45) is 0 Å². The molecule has 0 aliphatic heterocycles. The van der Waals surface area contributed by atoms with Gasteiger partial charge in [-0.15, -0.1) is 0 Å². The molecule has 3 amide bonds. The van der Waals surface area contributed by atoms with E-state index in [4.69, 9.17) is 4.74 Å². The van der Waals surface area contributed by atoms with Crippen LogP contribution in [-0.4, -0.2) is 34.2 Å². The third-order valence-electron chi connectivity index (χ3n) is 3.82. The second-order valence-corrected chi connectivity index (χ2v) is 8.43. The minimum Gasteiger partial charge on any atom is -0.444 e. The monoisotopic (exact) mass is 500 g/mol. The van der Waals surface area contributed by atoms with Gasteiger partial charge in [0.15, 0.2) is 0 Å². The molecule has 0 spiro atoms. The summed E-state index contributed by atoms with van der Waals surface area (Å²) in [6.07, 6.45) is 0.912. The van der Waals surface area contributed by atoms with Crippen molar-refractivity contribution in [1.29, 1.82) is 0 Å². The molecule has 11 heteroatoms. The van der Waals surface area contributed by atoms with Crippen LogP contribution in [0.5, 0.6) is 0 Å². The van der Waals surface area contributed by atoms with Gasteiger partial charge in [0.25, 0.3) is 11.8 Å². The molecule has 168 valence electrons. The molecule has 1 aromatic carbocycles. The fourth-order valence-electron chi connectivity index (χ4n) is 2.54. The van der Waals surface area contributed by atoms with E-state index in [0.29, 0.717) is 10.5 Å². The largest absolute Gasteiger partial charge is 0.444 e. The van der Waals surface area contributed by atoms with Crippen molar-refractivity contribution in [3.8, 4) is 0 Å². The molecule has 0 unspecified atom stereocenters. The number of carbonyl (C=O) groups is 3. The van der Waals surface area contributed by atoms with Crippen molar-refractivity contribution in [1.82, 2.24) is 9.99 Å². The standard InChI is InChI=1S/C20H23BrF2N4O4/c1-5-15(25-19(30)31-20(2,3)4)17(28)26-27-7-6-14(21)16(27)18(29)24-13-9-11(22)8-12(23)10-13/h6-10,15H,5H2,1-4H3,(H,24,29)(H,25,30)(H,26,28)/t15-/m0/s1. The Morgan fingerprint density at radius 1 is 1.16 bits per heavy atom. The molecule has 0 saturated heterocycles. The first kappa shape index (κ1) is 24.3. The zero-order valence-corrected chi connectivity index (χ0v) is 19.0. The van der Waals surface area contributed by atoms with Gasteiger partial charge in [0.2, 0.25) is 0 Å². The topological polar surface area (TPSA) is 101 Å². The number of amides is 3. The number of nitrogens with one attached hydrogen (secondary N) is 3. The quantitative estimate of drug-likeness (QED) is 0.554. The zero-order valence-electron chi connectivity index (χ0n) is 17.4. The van der Waals surface area contributed by atoms with Gasteiger partial charge in [-0.3, -0.25) is 19.7 Å². The minimum atomic E-state index is -0.927. The van der Waals surface area contributed by atoms with E-state index in [1.807, 2.05) is 0 Å². The fourth-order valence-corrected chi connectivity index (χ4v) is 3.02. The third-order valence-corrected chi connectivity index (χ3v) is 4.46. The molecule has 2 aromatic rings. The predicted molar refractivity (Wildman–Crippen MR) is 114 cm³/mol. The summed E-state index contributed by atoms with van der Waals surface area (Å²) in [6, 6.07) is 3.17. The number of halogens is 3. The highest BCUT2D eigenvalue weighted by Gasteiger charge is 2.25. The highest BCUT2D eigenvalue weighted by molar-refractivity contribution is 9.10. The van der Waals surface area contributed by atoms with Gasteiger partial charge < -0.3 is 15.4 Å². The molecule has 31 heavy (non-hydrogen) atoms. The summed E-state index contributed by atoms with van der Waals surface area (Å²) in [4.78, 5) is 37.2. The molecule has 3 N–H and O–H groups in total. The van der Waals surface area contributed by atoms with E-state index in [1.165, 1.54) is 12.3 Å². The van der Waals surface area contributed by atoms with Crippen LogP contribution in [0, 0.1) is 11.6 Å². The number of nitrogens with zero attached hydrogens (tertiary/aromatic N) is 1. The van der Waals surface area contributed by atoms with Crippen LogP contribution in [0.3, 0.4) is 0 Å². The van der Waals surface area contributed by atoms with Gasteiger partial charge in [0, 0.05) is 18.0 Å². The number of aromatic nitrogens is 1. The van der Waals surface area contributed by atoms with Crippen LogP contribution in [0.15, 0.2) is 34.9 Å². The van der Waals surface area contributed by atoms with Crippen LogP contribution in [0.2, 0.25) is 0 Å². The predicted octanol–water partition coefficient (Wildman–Crippen LogP) is 4.15. The lowest BCUT2D eigenvalue weighted by atomic mass is 10.2. The number of benzene rings is 1. The average Bonchev–Trinajstić information content (AvgIpc) is 2.97. The third kappa shape index (κ3) is 7.06. The first-order valence-corrected chi connectivity index (χ1v) is 10.1. The van der Waals surface area contributed by atoms with Crippen molar-refractivity contribution in [2.75, 3.05) is 10.7 Å². The van der Waals surface area contributed by atoms with Crippen molar-refractivity contribution in [2.45, 2.75) is 45.8 Å². The Balaban J connectivity index is 2.14. The Labute approximate surface area is 186 Å². The van der Waals surface area contributed by atoms with Crippen LogP contribution in [0.25, 0.3) is 0 Å². The fraction of sp³-hybridized carbons (Fsp3) is 0.350. The van der Waals surface area contributed by atoms with E-state index in [0.717, 1.165) is 16.8 Å². The molecule has 0 bridgehead atoms. The summed E-state index contributed by atoms with van der Waals surface area (Å²) in [5.41, 5.74) is 1.66. The second kappa shape index (κ2) is 9.90. The van der Waals surface area contributed by atoms with Gasteiger partial charge in [-0.1, -0.05) is 6.92 Å². The van der Waals surface area contributed by atoms with Crippen LogP contribution in [-0.2, 0) is 9.53 Å². The first-order valence-electron chi connectivity index (χ1n) is 9.34. The molecular formula is C20H23BrF2N4O4. The van der Waals surface area contributed by atoms with Crippen LogP contribution < -0.4 is 16.1 Å². The van der Waals surface area contributed by atoms with Gasteiger partial charge >= 0.3 is 6.09 Å². The second-order valence-electron chi connectivity index (χ2n) is 7.58. The van der Waals surface area contributed by atoms with Gasteiger partial charge in [-0.25, -0.2) is 13.6 Å². The molecule has 0 saturated carbocycles. The number of anilines is 1. The lowest BCUT2D eigenvalue weighted by Gasteiger charge is -2.23. The van der Waals surface area contributed by atoms with E-state index >= 15 is 0 Å². The van der Waals surface area contributed by atoms with Crippen molar-refractivity contribution < 1.29 is 27.9 Å². The number of carbonyl (C=O) groups excluding carboxylic acids is 3. The molecule has 0 aliphatic carbocycles. The summed E-state index contributed by atoms with van der Waals surface area (Å²) in [5, 5.41) is 4.84. The molecule has 1 atom stereocenters. The van der Waals surface area contributed by atoms with Gasteiger partial charge in [0.1, 0.15) is 29.0 Å². The maximum absolute atomic E-state index is 13.4. The van der Waals surface area contributed by atoms with E-state index in [1.54, 1.807) is 27.7 Å². The van der Waals surface area contributed by atoms with E-state index in [-0.39, 0.29) is 17.8 Å². The van der Waals surface area contributed by atoms with Gasteiger partial charge in [0.05, 0.1) is 4.47 Å². The van der Waals surface area contributed by atoms with Crippen LogP contribution >= 0.6 is 15.9 Å². The summed E-state index contributed by atoms with van der Waals surface area (Å²) in [5.74, 6) is -3.02. The Morgan fingerprint density at radius 3 is 2.32 bits per heavy atom. The minimum absolute atomic E-state index is 0.0230. The number of alkyl carbamates (subject to hydrolysis) is 1. The summed E-state index contributed by atoms with van der Waals surface area (Å²) in [6.45, 7) is 6.78. The number of ether oxygens (including phenoxy) is 1. The summed E-state index contributed by atoms with van der Waals surface area (Å²) in [7, 11) is 0. The lowest BCUT2D eigenvalue weighted by molar-refractivity contribution is -0.119. The molecule has 1 heterocycles. The highest BCUT2D eigenvalue weighted by atomic mass is 79.9. The maximum Gasteiger partial charge on any atom is 0.408 e. The number of hydrogen-bond acceptors (Lipinski definition) is 4. The Kier molecular flexibility index (Phi) is 7.77. The molecule has 1 aromatic heterocycles. The van der Waals surface area contributed by atoms with Crippen molar-refractivity contribution in [3.05, 3.63) is 52.3 Å². The van der Waals surface area contributed by atoms with Crippen LogP contribution in [0.1, 0.15) is 44.6 Å². The number of hydrogen-bond donors (Lipinski definition) is 3. The molecule has 8 nitrogen and oxygen atoms in total. The summed E-state index contributed by atoms with van der Waals surface area (Å²) >= 11 is 3.21. The Hall–Kier alpha value is -2.95. The van der Waals surface area contributed by atoms with Crippen LogP contribution in [0.4, 0.5) is 19.3 Å². The van der Waals surface area contributed by atoms with E-state index in [2.05, 4.69) is 32.0 Å². The molecule has 0 radical (unpaired) electrons. The smallest absolute Gasteiger partial charge is 0.408 e. The normalized spacial score (nSPS) is 12.1. The van der Waals surface area contributed by atoms with Gasteiger partial charge in [-0.2, -0.15) is 0 Å². The average molecular weight is 501 g/mol. The number of rotatable bonds is 6. The molecule has 0 aliphatic rings. The molecular weight excluding hydrogens is 478 g/mol. The van der Waals surface area contributed by atoms with E-state index < -0.39 is 41.2 Å².